The summed E-state index contributed by atoms with van der Waals surface area (Å²) >= 11 is 0. The average Bonchev–Trinajstić information content (AvgIpc) is 2.72. The summed E-state index contributed by atoms with van der Waals surface area (Å²) in [7, 11) is 4.04. The minimum atomic E-state index is -0.439. The van der Waals surface area contributed by atoms with Gasteiger partial charge in [0.05, 0.1) is 6.61 Å². The van der Waals surface area contributed by atoms with Gasteiger partial charge in [-0.2, -0.15) is 0 Å². The van der Waals surface area contributed by atoms with E-state index in [1.54, 1.807) is 6.08 Å². The van der Waals surface area contributed by atoms with Crippen LogP contribution in [0.2, 0.25) is 0 Å². The van der Waals surface area contributed by atoms with E-state index in [2.05, 4.69) is 14.9 Å². The van der Waals surface area contributed by atoms with Gasteiger partial charge in [0.2, 0.25) is 0 Å². The van der Waals surface area contributed by atoms with Gasteiger partial charge in [-0.1, -0.05) is 24.3 Å². The molecule has 30 heavy (non-hydrogen) atoms. The van der Waals surface area contributed by atoms with Crippen molar-refractivity contribution in [1.82, 2.24) is 14.9 Å². The fraction of sp³-hybridized carbons (Fsp3) is 0.217. The number of nitrogens with one attached hydrogen (secondary N) is 2. The maximum atomic E-state index is 13.0. The number of halogens is 1. The molecular weight excluding hydrogens is 385 g/mol. The summed E-state index contributed by atoms with van der Waals surface area (Å²) < 4.78 is 18.7. The van der Waals surface area contributed by atoms with Crippen LogP contribution in [0.25, 0.3) is 12.2 Å². The second-order valence-corrected chi connectivity index (χ2v) is 7.15. The standard InChI is InChI=1S/C23H24FN3O3/c1-27(2)12-3-13-30-19-10-6-17(7-11-19)15-21-23(29)25-20(22(28)26-21)14-16-4-8-18(24)9-5-16/h4-11,14-15H,3,12-13H2,1-2H3,(H,25,29)(H,26,28)/b20-14-,21-15-. The Morgan fingerprint density at radius 3 is 1.87 bits per heavy atom. The minimum Gasteiger partial charge on any atom is -0.494 e. The molecule has 6 nitrogen and oxygen atoms in total. The summed E-state index contributed by atoms with van der Waals surface area (Å²) in [5, 5.41) is 0.251. The van der Waals surface area contributed by atoms with Gasteiger partial charge in [0, 0.05) is 6.54 Å². The van der Waals surface area contributed by atoms with E-state index in [0.29, 0.717) is 12.2 Å². The molecule has 0 atom stereocenters. The molecule has 0 bridgehead atoms. The highest BCUT2D eigenvalue weighted by Gasteiger charge is 1.99. The Hall–Kier alpha value is -3.45. The quantitative estimate of drug-likeness (QED) is 0.575. The Morgan fingerprint density at radius 1 is 0.867 bits per heavy atom. The third-order valence-corrected chi connectivity index (χ3v) is 4.38. The van der Waals surface area contributed by atoms with Crippen molar-refractivity contribution in [2.45, 2.75) is 6.42 Å². The first kappa shape index (κ1) is 21.3. The van der Waals surface area contributed by atoms with Crippen molar-refractivity contribution in [2.75, 3.05) is 27.2 Å². The molecule has 0 aliphatic heterocycles. The molecule has 2 aromatic carbocycles. The molecule has 1 heterocycles. The largest absolute Gasteiger partial charge is 0.494 e. The highest BCUT2D eigenvalue weighted by atomic mass is 19.1. The molecule has 2 N–H and O–H groups in total. The normalized spacial score (nSPS) is 12.5. The molecule has 3 aromatic rings. The first-order valence-corrected chi connectivity index (χ1v) is 9.60. The number of benzene rings is 2. The molecule has 0 saturated heterocycles. The van der Waals surface area contributed by atoms with Crippen molar-refractivity contribution >= 4 is 12.2 Å². The summed E-state index contributed by atoms with van der Waals surface area (Å²) in [5.74, 6) is 0.377. The number of hydrogen-bond acceptors (Lipinski definition) is 4. The molecule has 0 fully saturated rings. The smallest absolute Gasteiger partial charge is 0.272 e. The van der Waals surface area contributed by atoms with Crippen LogP contribution in [0.1, 0.15) is 17.5 Å². The van der Waals surface area contributed by atoms with Gasteiger partial charge in [-0.15, -0.1) is 0 Å². The third-order valence-electron chi connectivity index (χ3n) is 4.38. The van der Waals surface area contributed by atoms with Crippen LogP contribution in [-0.4, -0.2) is 42.1 Å². The highest BCUT2D eigenvalue weighted by molar-refractivity contribution is 5.50. The van der Waals surface area contributed by atoms with Gasteiger partial charge >= 0.3 is 0 Å². The number of rotatable bonds is 7. The molecule has 0 saturated carbocycles. The Morgan fingerprint density at radius 2 is 1.37 bits per heavy atom. The first-order valence-electron chi connectivity index (χ1n) is 9.60. The molecule has 1 aromatic heterocycles. The zero-order valence-corrected chi connectivity index (χ0v) is 16.9. The van der Waals surface area contributed by atoms with Crippen LogP contribution in [0.15, 0.2) is 58.1 Å². The van der Waals surface area contributed by atoms with Gasteiger partial charge in [0.25, 0.3) is 11.1 Å². The molecular formula is C23H24FN3O3. The zero-order chi connectivity index (χ0) is 21.5. The monoisotopic (exact) mass is 409 g/mol. The van der Waals surface area contributed by atoms with Crippen LogP contribution in [0.4, 0.5) is 4.39 Å². The Labute approximate surface area is 173 Å². The van der Waals surface area contributed by atoms with Gasteiger partial charge in [-0.05, 0) is 68.1 Å². The molecule has 3 rings (SSSR count). The van der Waals surface area contributed by atoms with E-state index in [1.807, 2.05) is 38.4 Å². The lowest BCUT2D eigenvalue weighted by atomic mass is 10.2. The number of nitrogens with zero attached hydrogens (tertiary/aromatic N) is 1. The Balaban J connectivity index is 1.79. The molecule has 0 spiro atoms. The van der Waals surface area contributed by atoms with E-state index in [1.165, 1.54) is 30.3 Å². The maximum absolute atomic E-state index is 13.0. The van der Waals surface area contributed by atoms with Gasteiger partial charge < -0.3 is 19.6 Å². The van der Waals surface area contributed by atoms with Crippen molar-refractivity contribution in [2.24, 2.45) is 0 Å². The molecule has 7 heteroatoms. The predicted octanol–water partition coefficient (Wildman–Crippen LogP) is 1.19. The second kappa shape index (κ2) is 9.84. The first-order chi connectivity index (χ1) is 14.4. The third kappa shape index (κ3) is 6.02. The average molecular weight is 409 g/mol. The lowest BCUT2D eigenvalue weighted by Crippen LogP contribution is -2.46. The number of ether oxygens (including phenoxy) is 1. The van der Waals surface area contributed by atoms with Crippen molar-refractivity contribution in [3.05, 3.63) is 96.9 Å². The van der Waals surface area contributed by atoms with E-state index in [0.717, 1.165) is 24.3 Å². The number of H-pyrrole nitrogens is 2. The minimum absolute atomic E-state index is 0.102. The van der Waals surface area contributed by atoms with Crippen molar-refractivity contribution in [3.8, 4) is 5.75 Å². The van der Waals surface area contributed by atoms with Crippen LogP contribution in [0, 0.1) is 5.82 Å². The predicted molar refractivity (Wildman–Crippen MR) is 116 cm³/mol. The summed E-state index contributed by atoms with van der Waals surface area (Å²) in [4.78, 5) is 32.0. The summed E-state index contributed by atoms with van der Waals surface area (Å²) in [6.07, 6.45) is 4.02. The lowest BCUT2D eigenvalue weighted by molar-refractivity contribution is 0.281. The van der Waals surface area contributed by atoms with Crippen molar-refractivity contribution < 1.29 is 9.13 Å². The zero-order valence-electron chi connectivity index (χ0n) is 16.9. The number of aromatic amines is 2. The Kier molecular flexibility index (Phi) is 6.98. The van der Waals surface area contributed by atoms with Crippen LogP contribution >= 0.6 is 0 Å². The topological polar surface area (TPSA) is 78.2 Å². The van der Waals surface area contributed by atoms with E-state index >= 15 is 0 Å². The van der Waals surface area contributed by atoms with Crippen molar-refractivity contribution in [1.29, 1.82) is 0 Å². The molecule has 0 amide bonds. The second-order valence-electron chi connectivity index (χ2n) is 7.15. The molecule has 0 unspecified atom stereocenters. The molecule has 0 aliphatic rings. The summed E-state index contributed by atoms with van der Waals surface area (Å²) in [5.41, 5.74) is 0.500. The van der Waals surface area contributed by atoms with E-state index in [-0.39, 0.29) is 16.5 Å². The van der Waals surface area contributed by atoms with Crippen LogP contribution in [0.5, 0.6) is 5.75 Å². The van der Waals surface area contributed by atoms with Crippen LogP contribution in [0.3, 0.4) is 0 Å². The fourth-order valence-electron chi connectivity index (χ4n) is 2.82. The van der Waals surface area contributed by atoms with E-state index in [9.17, 15) is 14.0 Å². The van der Waals surface area contributed by atoms with Crippen molar-refractivity contribution in [3.63, 3.8) is 0 Å². The highest BCUT2D eigenvalue weighted by Crippen LogP contribution is 2.12. The molecule has 0 aliphatic carbocycles. The van der Waals surface area contributed by atoms with Crippen LogP contribution < -0.4 is 26.6 Å². The lowest BCUT2D eigenvalue weighted by Gasteiger charge is -2.10. The Bertz CT molecular complexity index is 1210. The summed E-state index contributed by atoms with van der Waals surface area (Å²) in [6, 6.07) is 12.9. The van der Waals surface area contributed by atoms with Crippen LogP contribution in [-0.2, 0) is 0 Å². The number of hydrogen-bond donors (Lipinski definition) is 2. The maximum Gasteiger partial charge on any atom is 0.272 e. The van der Waals surface area contributed by atoms with E-state index < -0.39 is 11.1 Å². The SMILES string of the molecule is CN(C)CCCOc1ccc(/C=c2\[nH]c(=O)/c(=C/c3ccc(F)cc3)[nH]c2=O)cc1. The summed E-state index contributed by atoms with van der Waals surface area (Å²) in [6.45, 7) is 1.58. The number of aromatic nitrogens is 2. The van der Waals surface area contributed by atoms with Gasteiger partial charge in [-0.3, -0.25) is 9.59 Å². The van der Waals surface area contributed by atoms with Gasteiger partial charge in [-0.25, -0.2) is 4.39 Å². The molecule has 0 radical (unpaired) electrons. The van der Waals surface area contributed by atoms with Gasteiger partial charge in [0.1, 0.15) is 22.3 Å². The fourth-order valence-corrected chi connectivity index (χ4v) is 2.82. The van der Waals surface area contributed by atoms with E-state index in [4.69, 9.17) is 4.74 Å². The van der Waals surface area contributed by atoms with Gasteiger partial charge in [0.15, 0.2) is 0 Å². The molecule has 156 valence electrons.